The van der Waals surface area contributed by atoms with Crippen molar-refractivity contribution in [2.75, 3.05) is 13.7 Å². The number of para-hydroxylation sites is 3. The summed E-state index contributed by atoms with van der Waals surface area (Å²) in [5, 5.41) is 1.28. The fourth-order valence-corrected chi connectivity index (χ4v) is 3.09. The van der Waals surface area contributed by atoms with Gasteiger partial charge in [-0.25, -0.2) is 0 Å². The van der Waals surface area contributed by atoms with Crippen LogP contribution in [0.3, 0.4) is 0 Å². The number of ether oxygens (including phenoxy) is 2. The summed E-state index contributed by atoms with van der Waals surface area (Å²) in [7, 11) is 1.66. The lowest BCUT2D eigenvalue weighted by molar-refractivity contribution is 0.281. The van der Waals surface area contributed by atoms with Gasteiger partial charge in [0.25, 0.3) is 0 Å². The standard InChI is InChI=1S/C21H26N2O2.ClH/c1-3-17(22)14-16-15-23(19-9-5-4-8-18(16)19)12-13-25-21-11-7-6-10-20(21)24-2;/h4-11,15,17H,3,12-14,22H2,1-2H3;1H. The van der Waals surface area contributed by atoms with E-state index in [2.05, 4.69) is 42.0 Å². The summed E-state index contributed by atoms with van der Waals surface area (Å²) in [5.41, 5.74) is 8.70. The quantitative estimate of drug-likeness (QED) is 0.634. The van der Waals surface area contributed by atoms with Crippen molar-refractivity contribution in [3.63, 3.8) is 0 Å². The molecular formula is C21H27ClN2O2. The van der Waals surface area contributed by atoms with Gasteiger partial charge >= 0.3 is 0 Å². The molecular weight excluding hydrogens is 348 g/mol. The molecule has 0 radical (unpaired) electrons. The maximum absolute atomic E-state index is 6.17. The van der Waals surface area contributed by atoms with E-state index in [0.29, 0.717) is 6.61 Å². The van der Waals surface area contributed by atoms with E-state index >= 15 is 0 Å². The van der Waals surface area contributed by atoms with Crippen molar-refractivity contribution in [3.8, 4) is 11.5 Å². The summed E-state index contributed by atoms with van der Waals surface area (Å²) in [5.74, 6) is 1.53. The van der Waals surface area contributed by atoms with Crippen LogP contribution in [0.4, 0.5) is 0 Å². The van der Waals surface area contributed by atoms with Gasteiger partial charge < -0.3 is 19.8 Å². The molecule has 2 aromatic carbocycles. The monoisotopic (exact) mass is 374 g/mol. The van der Waals surface area contributed by atoms with Crippen LogP contribution >= 0.6 is 12.4 Å². The molecule has 3 aromatic rings. The van der Waals surface area contributed by atoms with Gasteiger partial charge in [-0.05, 0) is 36.6 Å². The van der Waals surface area contributed by atoms with E-state index in [1.807, 2.05) is 24.3 Å². The Hall–Kier alpha value is -2.17. The molecule has 0 fully saturated rings. The molecule has 0 bridgehead atoms. The normalized spacial score (nSPS) is 11.8. The fourth-order valence-electron chi connectivity index (χ4n) is 3.09. The van der Waals surface area contributed by atoms with Crippen LogP contribution in [-0.4, -0.2) is 24.3 Å². The van der Waals surface area contributed by atoms with Gasteiger partial charge in [-0.15, -0.1) is 12.4 Å². The molecule has 1 aromatic heterocycles. The molecule has 1 atom stereocenters. The number of hydrogen-bond donors (Lipinski definition) is 1. The highest BCUT2D eigenvalue weighted by Crippen LogP contribution is 2.26. The number of aromatic nitrogens is 1. The average molecular weight is 375 g/mol. The second-order valence-corrected chi connectivity index (χ2v) is 6.24. The molecule has 0 aliphatic carbocycles. The highest BCUT2D eigenvalue weighted by Gasteiger charge is 2.11. The Labute approximate surface area is 161 Å². The van der Waals surface area contributed by atoms with Crippen molar-refractivity contribution >= 4 is 23.3 Å². The lowest BCUT2D eigenvalue weighted by atomic mass is 10.0. The average Bonchev–Trinajstić information content (AvgIpc) is 3.00. The number of hydrogen-bond acceptors (Lipinski definition) is 3. The lowest BCUT2D eigenvalue weighted by Gasteiger charge is -2.11. The minimum Gasteiger partial charge on any atom is -0.493 e. The van der Waals surface area contributed by atoms with E-state index < -0.39 is 0 Å². The van der Waals surface area contributed by atoms with E-state index in [1.54, 1.807) is 7.11 Å². The Bertz CT molecular complexity index is 832. The van der Waals surface area contributed by atoms with Crippen molar-refractivity contribution in [2.45, 2.75) is 32.4 Å². The van der Waals surface area contributed by atoms with E-state index in [0.717, 1.165) is 30.9 Å². The Morgan fingerprint density at radius 2 is 1.73 bits per heavy atom. The molecule has 5 heteroatoms. The second-order valence-electron chi connectivity index (χ2n) is 6.24. The maximum Gasteiger partial charge on any atom is 0.161 e. The third kappa shape index (κ3) is 4.51. The Morgan fingerprint density at radius 1 is 1.04 bits per heavy atom. The highest BCUT2D eigenvalue weighted by molar-refractivity contribution is 5.85. The summed E-state index contributed by atoms with van der Waals surface area (Å²) < 4.78 is 13.5. The molecule has 1 heterocycles. The van der Waals surface area contributed by atoms with Gasteiger partial charge in [-0.1, -0.05) is 37.3 Å². The summed E-state index contributed by atoms with van der Waals surface area (Å²) in [6, 6.07) is 16.4. The number of fused-ring (bicyclic) bond motifs is 1. The van der Waals surface area contributed by atoms with E-state index in [4.69, 9.17) is 15.2 Å². The van der Waals surface area contributed by atoms with Gasteiger partial charge in [0.15, 0.2) is 11.5 Å². The molecule has 26 heavy (non-hydrogen) atoms. The van der Waals surface area contributed by atoms with Crippen molar-refractivity contribution in [2.24, 2.45) is 5.73 Å². The van der Waals surface area contributed by atoms with E-state index in [-0.39, 0.29) is 18.4 Å². The van der Waals surface area contributed by atoms with Gasteiger partial charge in [0.05, 0.1) is 13.7 Å². The highest BCUT2D eigenvalue weighted by atomic mass is 35.5. The van der Waals surface area contributed by atoms with Crippen LogP contribution in [0.1, 0.15) is 18.9 Å². The van der Waals surface area contributed by atoms with Gasteiger partial charge in [0, 0.05) is 23.1 Å². The van der Waals surface area contributed by atoms with Crippen LogP contribution < -0.4 is 15.2 Å². The number of rotatable bonds is 8. The fraction of sp³-hybridized carbons (Fsp3) is 0.333. The van der Waals surface area contributed by atoms with Crippen LogP contribution in [-0.2, 0) is 13.0 Å². The number of nitrogens with two attached hydrogens (primary N) is 1. The third-order valence-electron chi connectivity index (χ3n) is 4.54. The predicted molar refractivity (Wildman–Crippen MR) is 110 cm³/mol. The zero-order valence-corrected chi connectivity index (χ0v) is 16.2. The molecule has 0 saturated heterocycles. The Morgan fingerprint density at radius 3 is 2.46 bits per heavy atom. The van der Waals surface area contributed by atoms with E-state index in [1.165, 1.54) is 16.5 Å². The Balaban J connectivity index is 0.00000243. The second kappa shape index (κ2) is 9.51. The minimum atomic E-state index is 0. The number of methoxy groups -OCH3 is 1. The zero-order chi connectivity index (χ0) is 17.6. The third-order valence-corrected chi connectivity index (χ3v) is 4.54. The van der Waals surface area contributed by atoms with Crippen LogP contribution in [0.25, 0.3) is 10.9 Å². The van der Waals surface area contributed by atoms with Gasteiger partial charge in [0.2, 0.25) is 0 Å². The van der Waals surface area contributed by atoms with Gasteiger partial charge in [0.1, 0.15) is 6.61 Å². The number of benzene rings is 2. The maximum atomic E-state index is 6.17. The summed E-state index contributed by atoms with van der Waals surface area (Å²) in [6.07, 6.45) is 4.10. The molecule has 1 unspecified atom stereocenters. The molecule has 4 nitrogen and oxygen atoms in total. The smallest absolute Gasteiger partial charge is 0.161 e. The van der Waals surface area contributed by atoms with Crippen LogP contribution in [0, 0.1) is 0 Å². The minimum absolute atomic E-state index is 0. The van der Waals surface area contributed by atoms with Gasteiger partial charge in [-0.2, -0.15) is 0 Å². The molecule has 2 N–H and O–H groups in total. The molecule has 0 saturated carbocycles. The molecule has 3 rings (SSSR count). The first kappa shape index (κ1) is 20.1. The molecule has 0 spiro atoms. The number of halogens is 1. The first-order chi connectivity index (χ1) is 12.2. The SMILES string of the molecule is CCC(N)Cc1cn(CCOc2ccccc2OC)c2ccccc12.Cl. The summed E-state index contributed by atoms with van der Waals surface area (Å²) >= 11 is 0. The largest absolute Gasteiger partial charge is 0.493 e. The van der Waals surface area contributed by atoms with Gasteiger partial charge in [-0.3, -0.25) is 0 Å². The molecule has 0 amide bonds. The van der Waals surface area contributed by atoms with Crippen LogP contribution in [0.5, 0.6) is 11.5 Å². The van der Waals surface area contributed by atoms with Crippen molar-refractivity contribution < 1.29 is 9.47 Å². The number of nitrogens with zero attached hydrogens (tertiary/aromatic N) is 1. The molecule has 140 valence electrons. The Kier molecular flexibility index (Phi) is 7.37. The predicted octanol–water partition coefficient (Wildman–Crippen LogP) is 4.43. The van der Waals surface area contributed by atoms with Crippen LogP contribution in [0.2, 0.25) is 0 Å². The van der Waals surface area contributed by atoms with Crippen LogP contribution in [0.15, 0.2) is 54.7 Å². The topological polar surface area (TPSA) is 49.4 Å². The summed E-state index contributed by atoms with van der Waals surface area (Å²) in [4.78, 5) is 0. The zero-order valence-electron chi connectivity index (χ0n) is 15.4. The van der Waals surface area contributed by atoms with E-state index in [9.17, 15) is 0 Å². The first-order valence-corrected chi connectivity index (χ1v) is 8.81. The first-order valence-electron chi connectivity index (χ1n) is 8.81. The molecule has 0 aliphatic rings. The summed E-state index contributed by atoms with van der Waals surface area (Å²) in [6.45, 7) is 3.49. The van der Waals surface area contributed by atoms with Crippen molar-refractivity contribution in [1.82, 2.24) is 4.57 Å². The van der Waals surface area contributed by atoms with Crippen molar-refractivity contribution in [1.29, 1.82) is 0 Å². The molecule has 0 aliphatic heterocycles. The lowest BCUT2D eigenvalue weighted by Crippen LogP contribution is -2.21. The van der Waals surface area contributed by atoms with Crippen molar-refractivity contribution in [3.05, 3.63) is 60.3 Å².